The third-order valence-electron chi connectivity index (χ3n) is 3.00. The van der Waals surface area contributed by atoms with Crippen molar-refractivity contribution < 1.29 is 4.79 Å². The molecule has 18 heavy (non-hydrogen) atoms. The number of nitrogens with zero attached hydrogens (tertiary/aromatic N) is 5. The monoisotopic (exact) mass is 243 g/mol. The van der Waals surface area contributed by atoms with E-state index >= 15 is 0 Å². The topological polar surface area (TPSA) is 63.9 Å². The first kappa shape index (κ1) is 10.9. The molecule has 6 heteroatoms. The molecule has 0 spiro atoms. The molecular weight excluding hydrogens is 230 g/mol. The van der Waals surface area contributed by atoms with Crippen LogP contribution in [0.3, 0.4) is 0 Å². The second kappa shape index (κ2) is 4.21. The predicted octanol–water partition coefficient (Wildman–Crippen LogP) is 0.847. The van der Waals surface area contributed by atoms with Crippen LogP contribution in [-0.4, -0.2) is 32.2 Å². The average Bonchev–Trinajstić information content (AvgIpc) is 2.78. The Hall–Kier alpha value is -2.24. The zero-order valence-corrected chi connectivity index (χ0v) is 10.0. The molecule has 1 saturated heterocycles. The van der Waals surface area contributed by atoms with Gasteiger partial charge in [0.25, 0.3) is 5.95 Å². The SMILES string of the molecule is CC1CC(=O)N1c1nnn(Cc2ccccc2)n1. The van der Waals surface area contributed by atoms with E-state index in [1.54, 1.807) is 4.90 Å². The Morgan fingerprint density at radius 2 is 2.11 bits per heavy atom. The van der Waals surface area contributed by atoms with E-state index in [1.807, 2.05) is 37.3 Å². The number of benzene rings is 1. The van der Waals surface area contributed by atoms with Crippen molar-refractivity contribution in [2.24, 2.45) is 0 Å². The molecule has 1 aliphatic rings. The Bertz CT molecular complexity index is 565. The number of amides is 1. The van der Waals surface area contributed by atoms with Crippen molar-refractivity contribution in [1.82, 2.24) is 20.2 Å². The van der Waals surface area contributed by atoms with Gasteiger partial charge in [-0.1, -0.05) is 35.4 Å². The largest absolute Gasteiger partial charge is 0.275 e. The number of tetrazole rings is 1. The first-order valence-electron chi connectivity index (χ1n) is 5.88. The quantitative estimate of drug-likeness (QED) is 0.749. The summed E-state index contributed by atoms with van der Waals surface area (Å²) in [6.07, 6.45) is 0.563. The molecule has 0 bridgehead atoms. The first-order valence-corrected chi connectivity index (χ1v) is 5.88. The molecule has 1 unspecified atom stereocenters. The highest BCUT2D eigenvalue weighted by Gasteiger charge is 2.36. The van der Waals surface area contributed by atoms with Gasteiger partial charge in [0.05, 0.1) is 6.54 Å². The lowest BCUT2D eigenvalue weighted by molar-refractivity contribution is -0.123. The summed E-state index contributed by atoms with van der Waals surface area (Å²) in [7, 11) is 0. The van der Waals surface area contributed by atoms with Gasteiger partial charge in [0, 0.05) is 12.5 Å². The number of carbonyl (C=O) groups excluding carboxylic acids is 1. The van der Waals surface area contributed by atoms with E-state index in [1.165, 1.54) is 4.80 Å². The maximum atomic E-state index is 11.4. The van der Waals surface area contributed by atoms with Crippen molar-refractivity contribution in [3.8, 4) is 0 Å². The van der Waals surface area contributed by atoms with Gasteiger partial charge in [-0.3, -0.25) is 9.69 Å². The van der Waals surface area contributed by atoms with Gasteiger partial charge in [-0.05, 0) is 17.7 Å². The highest BCUT2D eigenvalue weighted by molar-refractivity contribution is 5.98. The molecule has 0 aliphatic carbocycles. The van der Waals surface area contributed by atoms with Crippen LogP contribution in [0.4, 0.5) is 5.95 Å². The summed E-state index contributed by atoms with van der Waals surface area (Å²) in [4.78, 5) is 14.5. The van der Waals surface area contributed by atoms with Gasteiger partial charge < -0.3 is 0 Å². The van der Waals surface area contributed by atoms with E-state index in [2.05, 4.69) is 15.4 Å². The fraction of sp³-hybridized carbons (Fsp3) is 0.333. The second-order valence-electron chi connectivity index (χ2n) is 4.42. The van der Waals surface area contributed by atoms with Crippen LogP contribution >= 0.6 is 0 Å². The van der Waals surface area contributed by atoms with E-state index < -0.39 is 0 Å². The van der Waals surface area contributed by atoms with E-state index in [4.69, 9.17) is 0 Å². The summed E-state index contributed by atoms with van der Waals surface area (Å²) < 4.78 is 0. The lowest BCUT2D eigenvalue weighted by Crippen LogP contribution is -2.51. The van der Waals surface area contributed by atoms with E-state index in [9.17, 15) is 4.79 Å². The Morgan fingerprint density at radius 3 is 2.78 bits per heavy atom. The minimum Gasteiger partial charge on any atom is -0.275 e. The first-order chi connectivity index (χ1) is 8.74. The minimum atomic E-state index is 0.0572. The average molecular weight is 243 g/mol. The van der Waals surface area contributed by atoms with E-state index in [0.29, 0.717) is 18.9 Å². The molecule has 6 nitrogen and oxygen atoms in total. The van der Waals surface area contributed by atoms with Crippen molar-refractivity contribution in [1.29, 1.82) is 0 Å². The van der Waals surface area contributed by atoms with E-state index in [0.717, 1.165) is 5.56 Å². The number of aromatic nitrogens is 4. The summed E-state index contributed by atoms with van der Waals surface area (Å²) in [5, 5.41) is 12.1. The molecule has 1 atom stereocenters. The molecule has 1 fully saturated rings. The highest BCUT2D eigenvalue weighted by atomic mass is 16.2. The smallest absolute Gasteiger partial charge is 0.272 e. The van der Waals surface area contributed by atoms with Crippen LogP contribution in [-0.2, 0) is 11.3 Å². The van der Waals surface area contributed by atoms with Crippen molar-refractivity contribution in [3.63, 3.8) is 0 Å². The van der Waals surface area contributed by atoms with Crippen LogP contribution < -0.4 is 4.90 Å². The van der Waals surface area contributed by atoms with Crippen molar-refractivity contribution >= 4 is 11.9 Å². The molecule has 1 aromatic carbocycles. The Kier molecular flexibility index (Phi) is 2.55. The molecular formula is C12H13N5O. The fourth-order valence-electron chi connectivity index (χ4n) is 2.03. The molecule has 1 aromatic heterocycles. The second-order valence-corrected chi connectivity index (χ2v) is 4.42. The molecule has 0 N–H and O–H groups in total. The van der Waals surface area contributed by atoms with Crippen LogP contribution in [0.25, 0.3) is 0 Å². The number of rotatable bonds is 3. The van der Waals surface area contributed by atoms with Crippen LogP contribution in [0.1, 0.15) is 18.9 Å². The van der Waals surface area contributed by atoms with Crippen LogP contribution in [0.5, 0.6) is 0 Å². The number of anilines is 1. The summed E-state index contributed by atoms with van der Waals surface area (Å²) in [6.45, 7) is 2.53. The summed E-state index contributed by atoms with van der Waals surface area (Å²) in [6, 6.07) is 10.1. The molecule has 2 aromatic rings. The normalized spacial score (nSPS) is 18.8. The number of hydrogen-bond donors (Lipinski definition) is 0. The van der Waals surface area contributed by atoms with Gasteiger partial charge in [0.15, 0.2) is 0 Å². The Morgan fingerprint density at radius 1 is 1.33 bits per heavy atom. The summed E-state index contributed by atoms with van der Waals surface area (Å²) in [5.74, 6) is 0.455. The minimum absolute atomic E-state index is 0.0572. The summed E-state index contributed by atoms with van der Waals surface area (Å²) >= 11 is 0. The molecule has 0 radical (unpaired) electrons. The number of β-lactam (4-membered cyclic amide) rings is 1. The molecule has 1 aliphatic heterocycles. The number of carbonyl (C=O) groups is 1. The lowest BCUT2D eigenvalue weighted by atomic mass is 10.1. The molecule has 1 amide bonds. The highest BCUT2D eigenvalue weighted by Crippen LogP contribution is 2.23. The van der Waals surface area contributed by atoms with Gasteiger partial charge in [-0.25, -0.2) is 0 Å². The van der Waals surface area contributed by atoms with Gasteiger partial charge in [0.1, 0.15) is 0 Å². The third kappa shape index (κ3) is 1.85. The maximum Gasteiger partial charge on any atom is 0.272 e. The van der Waals surface area contributed by atoms with Crippen LogP contribution in [0.2, 0.25) is 0 Å². The van der Waals surface area contributed by atoms with Gasteiger partial charge in [0.2, 0.25) is 5.91 Å². The van der Waals surface area contributed by atoms with E-state index in [-0.39, 0.29) is 11.9 Å². The lowest BCUT2D eigenvalue weighted by Gasteiger charge is -2.34. The standard InChI is InChI=1S/C12H13N5O/c1-9-7-11(18)17(9)12-13-15-16(14-12)8-10-5-3-2-4-6-10/h2-6,9H,7-8H2,1H3. The molecule has 92 valence electrons. The Labute approximate surface area is 104 Å². The van der Waals surface area contributed by atoms with Gasteiger partial charge in [-0.15, -0.1) is 5.10 Å². The van der Waals surface area contributed by atoms with Gasteiger partial charge in [-0.2, -0.15) is 4.80 Å². The fourth-order valence-corrected chi connectivity index (χ4v) is 2.03. The predicted molar refractivity (Wildman–Crippen MR) is 64.9 cm³/mol. The summed E-state index contributed by atoms with van der Waals surface area (Å²) in [5.41, 5.74) is 1.10. The van der Waals surface area contributed by atoms with Gasteiger partial charge >= 0.3 is 0 Å². The zero-order chi connectivity index (χ0) is 12.5. The van der Waals surface area contributed by atoms with Crippen LogP contribution in [0.15, 0.2) is 30.3 Å². The molecule has 2 heterocycles. The zero-order valence-electron chi connectivity index (χ0n) is 10.0. The van der Waals surface area contributed by atoms with Crippen LogP contribution in [0, 0.1) is 0 Å². The molecule has 3 rings (SSSR count). The third-order valence-corrected chi connectivity index (χ3v) is 3.00. The Balaban J connectivity index is 1.76. The number of hydrogen-bond acceptors (Lipinski definition) is 4. The maximum absolute atomic E-state index is 11.4. The van der Waals surface area contributed by atoms with Crippen molar-refractivity contribution in [2.75, 3.05) is 4.90 Å². The molecule has 0 saturated carbocycles. The van der Waals surface area contributed by atoms with Crippen molar-refractivity contribution in [2.45, 2.75) is 25.9 Å². The van der Waals surface area contributed by atoms with Crippen molar-refractivity contribution in [3.05, 3.63) is 35.9 Å².